The van der Waals surface area contributed by atoms with Gasteiger partial charge in [0.2, 0.25) is 5.88 Å². The fourth-order valence-electron chi connectivity index (χ4n) is 4.49. The van der Waals surface area contributed by atoms with Crippen molar-refractivity contribution < 1.29 is 33.5 Å². The van der Waals surface area contributed by atoms with Crippen LogP contribution < -0.4 is 10.6 Å². The zero-order chi connectivity index (χ0) is 24.6. The number of carboxylic acids is 1. The number of anilines is 1. The highest BCUT2D eigenvalue weighted by Crippen LogP contribution is 2.44. The minimum atomic E-state index is -1.25. The molecule has 180 valence electrons. The summed E-state index contributed by atoms with van der Waals surface area (Å²) in [5, 5.41) is 18.1. The van der Waals surface area contributed by atoms with Crippen LogP contribution in [-0.2, 0) is 14.3 Å². The molecule has 10 nitrogen and oxygen atoms in total. The van der Waals surface area contributed by atoms with Crippen LogP contribution in [0.4, 0.5) is 10.7 Å². The topological polar surface area (TPSA) is 140 Å². The minimum absolute atomic E-state index is 0.0132. The number of benzene rings is 2. The zero-order valence-electron chi connectivity index (χ0n) is 18.8. The number of amides is 2. The quantitative estimate of drug-likeness (QED) is 0.492. The second-order valence-electron chi connectivity index (χ2n) is 8.79. The van der Waals surface area contributed by atoms with Gasteiger partial charge in [-0.2, -0.15) is 0 Å². The maximum Gasteiger partial charge on any atom is 0.414 e. The Labute approximate surface area is 200 Å². The monoisotopic (exact) mass is 477 g/mol. The van der Waals surface area contributed by atoms with E-state index in [0.29, 0.717) is 0 Å². The standard InChI is InChI=1S/C25H23N3O7/c1-25(23(30)31)13-33-12-20(25)26-22(29)19-10-21(35-28-19)27-24(32)34-11-18-16-8-4-2-6-14(16)15-7-3-5-9-17(15)18/h2-10,18,20H,11-13H2,1H3,(H,26,29)(H,27,32)(H,30,31). The summed E-state index contributed by atoms with van der Waals surface area (Å²) in [5.41, 5.74) is 3.05. The van der Waals surface area contributed by atoms with Crippen molar-refractivity contribution in [2.75, 3.05) is 25.1 Å². The molecule has 0 saturated carbocycles. The van der Waals surface area contributed by atoms with E-state index in [1.54, 1.807) is 0 Å². The van der Waals surface area contributed by atoms with Gasteiger partial charge in [0, 0.05) is 12.0 Å². The lowest BCUT2D eigenvalue weighted by Gasteiger charge is -2.24. The lowest BCUT2D eigenvalue weighted by Crippen LogP contribution is -2.49. The van der Waals surface area contributed by atoms with Gasteiger partial charge in [-0.3, -0.25) is 14.9 Å². The van der Waals surface area contributed by atoms with Gasteiger partial charge in [0.05, 0.1) is 19.3 Å². The van der Waals surface area contributed by atoms with Crippen molar-refractivity contribution in [3.8, 4) is 11.1 Å². The molecule has 2 unspecified atom stereocenters. The summed E-state index contributed by atoms with van der Waals surface area (Å²) in [6, 6.07) is 16.5. The van der Waals surface area contributed by atoms with Gasteiger partial charge in [-0.25, -0.2) is 4.79 Å². The second kappa shape index (κ2) is 8.88. The number of aliphatic carboxylic acids is 1. The average molecular weight is 477 g/mol. The van der Waals surface area contributed by atoms with E-state index < -0.39 is 29.4 Å². The SMILES string of the molecule is CC1(C(=O)O)COCC1NC(=O)c1cc(NC(=O)OCC2c3ccccc3-c3ccccc32)on1. The Balaban J connectivity index is 1.20. The van der Waals surface area contributed by atoms with Gasteiger partial charge in [-0.05, 0) is 29.2 Å². The van der Waals surface area contributed by atoms with E-state index in [1.807, 2.05) is 48.5 Å². The lowest BCUT2D eigenvalue weighted by molar-refractivity contribution is -0.148. The molecular formula is C25H23N3O7. The van der Waals surface area contributed by atoms with Gasteiger partial charge >= 0.3 is 12.1 Å². The molecule has 0 radical (unpaired) electrons. The van der Waals surface area contributed by atoms with Crippen LogP contribution in [0.3, 0.4) is 0 Å². The normalized spacial score (nSPS) is 20.7. The fourth-order valence-corrected chi connectivity index (χ4v) is 4.49. The molecule has 1 fully saturated rings. The van der Waals surface area contributed by atoms with Crippen LogP contribution in [0.5, 0.6) is 0 Å². The molecule has 0 spiro atoms. The summed E-state index contributed by atoms with van der Waals surface area (Å²) in [7, 11) is 0. The average Bonchev–Trinajstić information content (AvgIpc) is 3.55. The predicted octanol–water partition coefficient (Wildman–Crippen LogP) is 3.26. The van der Waals surface area contributed by atoms with Crippen molar-refractivity contribution in [2.24, 2.45) is 5.41 Å². The van der Waals surface area contributed by atoms with Crippen molar-refractivity contribution in [1.82, 2.24) is 10.5 Å². The van der Waals surface area contributed by atoms with Crippen molar-refractivity contribution in [2.45, 2.75) is 18.9 Å². The Morgan fingerprint density at radius 2 is 1.77 bits per heavy atom. The van der Waals surface area contributed by atoms with Crippen LogP contribution in [0.1, 0.15) is 34.5 Å². The van der Waals surface area contributed by atoms with Crippen molar-refractivity contribution in [3.05, 3.63) is 71.4 Å². The van der Waals surface area contributed by atoms with Crippen LogP contribution in [-0.4, -0.2) is 54.1 Å². The van der Waals surface area contributed by atoms with E-state index in [-0.39, 0.29) is 37.3 Å². The Hall–Kier alpha value is -4.18. The number of nitrogens with one attached hydrogen (secondary N) is 2. The first-order valence-corrected chi connectivity index (χ1v) is 11.1. The number of carbonyl (C=O) groups is 3. The van der Waals surface area contributed by atoms with Crippen molar-refractivity contribution in [1.29, 1.82) is 0 Å². The molecule has 1 aliphatic carbocycles. The van der Waals surface area contributed by atoms with E-state index in [0.717, 1.165) is 22.3 Å². The molecule has 1 saturated heterocycles. The highest BCUT2D eigenvalue weighted by atomic mass is 16.6. The number of carboxylic acid groups (broad SMARTS) is 1. The molecular weight excluding hydrogens is 454 g/mol. The summed E-state index contributed by atoms with van der Waals surface area (Å²) in [5.74, 6) is -1.88. The number of hydrogen-bond acceptors (Lipinski definition) is 7. The van der Waals surface area contributed by atoms with Gasteiger partial charge in [-0.15, -0.1) is 0 Å². The van der Waals surface area contributed by atoms with E-state index in [4.69, 9.17) is 14.0 Å². The molecule has 1 aliphatic heterocycles. The lowest BCUT2D eigenvalue weighted by atomic mass is 9.85. The van der Waals surface area contributed by atoms with E-state index in [2.05, 4.69) is 15.8 Å². The molecule has 5 rings (SSSR count). The number of ether oxygens (including phenoxy) is 2. The first-order chi connectivity index (χ1) is 16.9. The van der Waals surface area contributed by atoms with Gasteiger partial charge < -0.3 is 24.4 Å². The summed E-state index contributed by atoms with van der Waals surface area (Å²) < 4.78 is 15.7. The number of hydrogen-bond donors (Lipinski definition) is 3. The number of rotatable bonds is 6. The highest BCUT2D eigenvalue weighted by Gasteiger charge is 2.47. The molecule has 2 amide bonds. The Morgan fingerprint density at radius 3 is 2.43 bits per heavy atom. The smallest absolute Gasteiger partial charge is 0.414 e. The molecule has 3 N–H and O–H groups in total. The number of fused-ring (bicyclic) bond motifs is 3. The zero-order valence-corrected chi connectivity index (χ0v) is 18.8. The largest absolute Gasteiger partial charge is 0.481 e. The maximum absolute atomic E-state index is 12.5. The first kappa shape index (κ1) is 22.6. The Bertz CT molecular complexity index is 1260. The number of aromatic nitrogens is 1. The highest BCUT2D eigenvalue weighted by molar-refractivity contribution is 5.94. The molecule has 2 atom stereocenters. The summed E-state index contributed by atoms with van der Waals surface area (Å²) >= 11 is 0. The maximum atomic E-state index is 12.5. The minimum Gasteiger partial charge on any atom is -0.481 e. The molecule has 2 heterocycles. The van der Waals surface area contributed by atoms with Crippen molar-refractivity contribution in [3.63, 3.8) is 0 Å². The van der Waals surface area contributed by atoms with E-state index in [9.17, 15) is 19.5 Å². The van der Waals surface area contributed by atoms with Crippen LogP contribution in [0.15, 0.2) is 59.1 Å². The first-order valence-electron chi connectivity index (χ1n) is 11.1. The van der Waals surface area contributed by atoms with Crippen LogP contribution in [0, 0.1) is 5.41 Å². The van der Waals surface area contributed by atoms with Crippen LogP contribution >= 0.6 is 0 Å². The van der Waals surface area contributed by atoms with Gasteiger partial charge in [0.25, 0.3) is 5.91 Å². The Kier molecular flexibility index (Phi) is 5.73. The molecule has 1 aromatic heterocycles. The van der Waals surface area contributed by atoms with Gasteiger partial charge in [0.1, 0.15) is 12.0 Å². The predicted molar refractivity (Wildman–Crippen MR) is 123 cm³/mol. The third-order valence-corrected chi connectivity index (χ3v) is 6.56. The summed E-state index contributed by atoms with van der Waals surface area (Å²) in [6.45, 7) is 1.68. The van der Waals surface area contributed by atoms with Gasteiger partial charge in [0.15, 0.2) is 5.69 Å². The third-order valence-electron chi connectivity index (χ3n) is 6.56. The number of nitrogens with zero attached hydrogens (tertiary/aromatic N) is 1. The second-order valence-corrected chi connectivity index (χ2v) is 8.79. The third kappa shape index (κ3) is 4.12. The molecule has 35 heavy (non-hydrogen) atoms. The molecule has 0 bridgehead atoms. The fraction of sp³-hybridized carbons (Fsp3) is 0.280. The van der Waals surface area contributed by atoms with Crippen molar-refractivity contribution >= 4 is 23.9 Å². The van der Waals surface area contributed by atoms with E-state index >= 15 is 0 Å². The number of carbonyl (C=O) groups excluding carboxylic acids is 2. The molecule has 2 aliphatic rings. The van der Waals surface area contributed by atoms with Gasteiger partial charge in [-0.1, -0.05) is 53.7 Å². The van der Waals surface area contributed by atoms with Crippen LogP contribution in [0.2, 0.25) is 0 Å². The van der Waals surface area contributed by atoms with Crippen LogP contribution in [0.25, 0.3) is 11.1 Å². The Morgan fingerprint density at radius 1 is 1.11 bits per heavy atom. The van der Waals surface area contributed by atoms with E-state index in [1.165, 1.54) is 13.0 Å². The summed E-state index contributed by atoms with van der Waals surface area (Å²) in [4.78, 5) is 36.5. The summed E-state index contributed by atoms with van der Waals surface area (Å²) in [6.07, 6.45) is -0.752. The molecule has 3 aromatic rings. The molecule has 2 aromatic carbocycles. The molecule has 10 heteroatoms.